The third kappa shape index (κ3) is 2.94. The van der Waals surface area contributed by atoms with E-state index in [1.807, 2.05) is 0 Å². The summed E-state index contributed by atoms with van der Waals surface area (Å²) in [5.74, 6) is 3.89. The van der Waals surface area contributed by atoms with E-state index in [1.54, 1.807) is 0 Å². The number of allylic oxidation sites excluding steroid dienone is 2. The number of hydrogen-bond donors (Lipinski definition) is 1. The van der Waals surface area contributed by atoms with Crippen LogP contribution in [0.2, 0.25) is 0 Å². The minimum Gasteiger partial charge on any atom is -0.393 e. The highest BCUT2D eigenvalue weighted by Gasteiger charge is 2.75. The van der Waals surface area contributed by atoms with Crippen molar-refractivity contribution in [1.82, 2.24) is 0 Å². The van der Waals surface area contributed by atoms with Crippen molar-refractivity contribution >= 4 is 0 Å². The Morgan fingerprint density at radius 2 is 1.61 bits per heavy atom. The lowest BCUT2D eigenvalue weighted by atomic mass is 9.40. The first-order valence-corrected chi connectivity index (χ1v) is 13.3. The molecule has 6 rings (SSSR count). The maximum absolute atomic E-state index is 10.4. The van der Waals surface area contributed by atoms with Gasteiger partial charge in [0.05, 0.1) is 6.10 Å². The zero-order chi connectivity index (χ0) is 22.2. The quantitative estimate of drug-likeness (QED) is 0.398. The molecule has 0 aromatic carbocycles. The molecule has 31 heavy (non-hydrogen) atoms. The maximum Gasteiger partial charge on any atom is 0.112 e. The second-order valence-electron chi connectivity index (χ2n) is 13.1. The first kappa shape index (κ1) is 22.4. The van der Waals surface area contributed by atoms with E-state index >= 15 is 0 Å². The molecule has 176 valence electrons. The van der Waals surface area contributed by atoms with Crippen molar-refractivity contribution in [3.63, 3.8) is 0 Å². The van der Waals surface area contributed by atoms with Gasteiger partial charge in [-0.05, 0) is 92.3 Å². The lowest BCUT2D eigenvalue weighted by molar-refractivity contribution is -0.536. The molecule has 6 fully saturated rings. The molecule has 3 heteroatoms. The predicted molar refractivity (Wildman–Crippen MR) is 124 cm³/mol. The fourth-order valence-electron chi connectivity index (χ4n) is 9.32. The Hall–Kier alpha value is -0.380. The standard InChI is InChI=1S/C28H46O3/c1-18(2)19(3)7-8-20(4)22-9-10-23-25(22,5)13-12-24-26(6)14-11-21(29)17-27(26)15-16-28(23,24)31-30-27/h7-8,18-24,29H,9-17H2,1-6H3/b8-7+/t19-,20+,21-,22+,23-,24-,25-,26-,27-,28+/m1/s1. The molecule has 3 nitrogen and oxygen atoms in total. The van der Waals surface area contributed by atoms with Crippen molar-refractivity contribution in [2.75, 3.05) is 0 Å². The highest BCUT2D eigenvalue weighted by atomic mass is 17.2. The Bertz CT molecular complexity index is 720. The Balaban J connectivity index is 1.42. The van der Waals surface area contributed by atoms with Crippen LogP contribution >= 0.6 is 0 Å². The van der Waals surface area contributed by atoms with Gasteiger partial charge in [0.25, 0.3) is 0 Å². The Morgan fingerprint density at radius 3 is 2.29 bits per heavy atom. The van der Waals surface area contributed by atoms with E-state index < -0.39 is 0 Å². The van der Waals surface area contributed by atoms with Gasteiger partial charge in [0.2, 0.25) is 0 Å². The molecule has 0 radical (unpaired) electrons. The third-order valence-electron chi connectivity index (χ3n) is 11.6. The fourth-order valence-corrected chi connectivity index (χ4v) is 9.32. The predicted octanol–water partition coefficient (Wildman–Crippen LogP) is 6.70. The van der Waals surface area contributed by atoms with Gasteiger partial charge in [0.1, 0.15) is 11.2 Å². The van der Waals surface area contributed by atoms with Crippen LogP contribution in [-0.4, -0.2) is 22.4 Å². The summed E-state index contributed by atoms with van der Waals surface area (Å²) in [4.78, 5) is 12.9. The molecular formula is C28H46O3. The minimum atomic E-state index is -0.258. The van der Waals surface area contributed by atoms with Crippen molar-refractivity contribution in [2.24, 2.45) is 46.3 Å². The number of fused-ring (bicyclic) bond motifs is 3. The third-order valence-corrected chi connectivity index (χ3v) is 11.6. The highest BCUT2D eigenvalue weighted by Crippen LogP contribution is 2.74. The van der Waals surface area contributed by atoms with Gasteiger partial charge in [-0.3, -0.25) is 0 Å². The van der Waals surface area contributed by atoms with Crippen LogP contribution in [0.3, 0.4) is 0 Å². The molecule has 1 N–H and O–H groups in total. The number of rotatable bonds is 4. The Kier molecular flexibility index (Phi) is 5.28. The first-order chi connectivity index (χ1) is 14.6. The summed E-state index contributed by atoms with van der Waals surface area (Å²) in [6.07, 6.45) is 14.9. The monoisotopic (exact) mass is 430 g/mol. The summed E-state index contributed by atoms with van der Waals surface area (Å²) in [5, 5.41) is 10.4. The van der Waals surface area contributed by atoms with Gasteiger partial charge >= 0.3 is 0 Å². The zero-order valence-corrected chi connectivity index (χ0v) is 20.8. The number of aliphatic hydroxyl groups excluding tert-OH is 1. The molecule has 2 saturated heterocycles. The normalized spacial score (nSPS) is 53.3. The van der Waals surface area contributed by atoms with Gasteiger partial charge in [-0.15, -0.1) is 0 Å². The molecule has 0 aromatic heterocycles. The van der Waals surface area contributed by atoms with Crippen molar-refractivity contribution in [3.05, 3.63) is 12.2 Å². The zero-order valence-electron chi connectivity index (χ0n) is 20.8. The fraction of sp³-hybridized carbons (Fsp3) is 0.929. The van der Waals surface area contributed by atoms with Crippen LogP contribution in [-0.2, 0) is 9.78 Å². The SMILES string of the molecule is CC(C)[C@H](C)/C=C/[C@H](C)[C@@H]1CC[C@@H]2[C@]1(C)CC[C@H]1[C@]23CC[C@]2(C[C@H](O)CC[C@]12C)OO3. The van der Waals surface area contributed by atoms with Gasteiger partial charge in [-0.2, -0.15) is 0 Å². The van der Waals surface area contributed by atoms with Crippen molar-refractivity contribution in [1.29, 1.82) is 0 Å². The molecule has 0 amide bonds. The summed E-state index contributed by atoms with van der Waals surface area (Å²) < 4.78 is 0. The van der Waals surface area contributed by atoms with Crippen molar-refractivity contribution in [2.45, 2.75) is 117 Å². The molecule has 2 bridgehead atoms. The molecule has 0 aromatic rings. The molecule has 6 aliphatic rings. The van der Waals surface area contributed by atoms with Crippen molar-refractivity contribution < 1.29 is 14.9 Å². The largest absolute Gasteiger partial charge is 0.393 e. The van der Waals surface area contributed by atoms with E-state index in [9.17, 15) is 5.11 Å². The smallest absolute Gasteiger partial charge is 0.112 e. The van der Waals surface area contributed by atoms with E-state index in [2.05, 4.69) is 53.7 Å². The van der Waals surface area contributed by atoms with Crippen LogP contribution in [0.4, 0.5) is 0 Å². The lowest BCUT2D eigenvalue weighted by Gasteiger charge is -2.72. The summed E-state index contributed by atoms with van der Waals surface area (Å²) in [6, 6.07) is 0. The molecule has 4 aliphatic carbocycles. The molecule has 4 saturated carbocycles. The molecule has 2 heterocycles. The number of hydrogen-bond acceptors (Lipinski definition) is 3. The summed E-state index contributed by atoms with van der Waals surface area (Å²) in [6.45, 7) is 14.5. The summed E-state index contributed by atoms with van der Waals surface area (Å²) >= 11 is 0. The highest BCUT2D eigenvalue weighted by molar-refractivity contribution is 5.23. The summed E-state index contributed by atoms with van der Waals surface area (Å²) in [7, 11) is 0. The van der Waals surface area contributed by atoms with Gasteiger partial charge in [0.15, 0.2) is 0 Å². The van der Waals surface area contributed by atoms with E-state index in [-0.39, 0.29) is 22.7 Å². The Morgan fingerprint density at radius 1 is 0.839 bits per heavy atom. The summed E-state index contributed by atoms with van der Waals surface area (Å²) in [5.41, 5.74) is 0.133. The molecule has 2 aliphatic heterocycles. The van der Waals surface area contributed by atoms with Gasteiger partial charge in [-0.25, -0.2) is 9.78 Å². The van der Waals surface area contributed by atoms with Crippen LogP contribution in [0.5, 0.6) is 0 Å². The maximum atomic E-state index is 10.4. The van der Waals surface area contributed by atoms with E-state index in [0.29, 0.717) is 35.0 Å². The van der Waals surface area contributed by atoms with Gasteiger partial charge in [0, 0.05) is 11.8 Å². The van der Waals surface area contributed by atoms with Crippen LogP contribution in [0.25, 0.3) is 0 Å². The molecule has 2 spiro atoms. The van der Waals surface area contributed by atoms with E-state index in [1.165, 1.54) is 25.7 Å². The second-order valence-corrected chi connectivity index (χ2v) is 13.1. The van der Waals surface area contributed by atoms with Crippen LogP contribution in [0.1, 0.15) is 99.3 Å². The number of aliphatic hydroxyl groups is 1. The topological polar surface area (TPSA) is 38.7 Å². The lowest BCUT2D eigenvalue weighted by Crippen LogP contribution is -2.75. The molecule has 0 unspecified atom stereocenters. The van der Waals surface area contributed by atoms with E-state index in [0.717, 1.165) is 38.0 Å². The average Bonchev–Trinajstić information content (AvgIpc) is 3.09. The first-order valence-electron chi connectivity index (χ1n) is 13.3. The second kappa shape index (κ2) is 7.31. The molecule has 10 atom stereocenters. The molecular weight excluding hydrogens is 384 g/mol. The Labute approximate surface area is 190 Å². The van der Waals surface area contributed by atoms with Crippen LogP contribution in [0.15, 0.2) is 12.2 Å². The minimum absolute atomic E-state index is 0.102. The van der Waals surface area contributed by atoms with Crippen LogP contribution < -0.4 is 0 Å². The van der Waals surface area contributed by atoms with Crippen LogP contribution in [0, 0.1) is 46.3 Å². The van der Waals surface area contributed by atoms with Crippen molar-refractivity contribution in [3.8, 4) is 0 Å². The van der Waals surface area contributed by atoms with Gasteiger partial charge < -0.3 is 5.11 Å². The average molecular weight is 431 g/mol. The van der Waals surface area contributed by atoms with Gasteiger partial charge in [-0.1, -0.05) is 53.7 Å². The van der Waals surface area contributed by atoms with E-state index in [4.69, 9.17) is 9.78 Å².